The van der Waals surface area contributed by atoms with Crippen LogP contribution in [0.2, 0.25) is 5.02 Å². The first kappa shape index (κ1) is 20.4. The van der Waals surface area contributed by atoms with E-state index in [1.807, 2.05) is 0 Å². The van der Waals surface area contributed by atoms with E-state index in [2.05, 4.69) is 10.0 Å². The van der Waals surface area contributed by atoms with E-state index in [9.17, 15) is 18.0 Å². The molecule has 0 radical (unpaired) electrons. The highest BCUT2D eigenvalue weighted by Gasteiger charge is 2.21. The summed E-state index contributed by atoms with van der Waals surface area (Å²) in [5.41, 5.74) is -0.217. The summed E-state index contributed by atoms with van der Waals surface area (Å²) in [6.45, 7) is 0.131. The fourth-order valence-corrected chi connectivity index (χ4v) is 3.79. The lowest BCUT2D eigenvalue weighted by atomic mass is 10.1. The summed E-state index contributed by atoms with van der Waals surface area (Å²) in [4.78, 5) is 23.4. The number of amides is 1. The van der Waals surface area contributed by atoms with Crippen LogP contribution >= 0.6 is 11.6 Å². The maximum atomic E-state index is 12.7. The largest absolute Gasteiger partial charge is 0.478 e. The van der Waals surface area contributed by atoms with Crippen LogP contribution in [0.4, 0.5) is 5.69 Å². The van der Waals surface area contributed by atoms with Gasteiger partial charge in [0.2, 0.25) is 0 Å². The first-order valence-electron chi connectivity index (χ1n) is 8.23. The summed E-state index contributed by atoms with van der Waals surface area (Å²) in [6, 6.07) is 12.7. The summed E-state index contributed by atoms with van der Waals surface area (Å²) >= 11 is 5.79. The summed E-state index contributed by atoms with van der Waals surface area (Å²) in [5, 5.41) is 11.7. The maximum Gasteiger partial charge on any atom is 0.337 e. The number of sulfonamides is 1. The molecule has 0 saturated heterocycles. The monoisotopic (exact) mass is 434 g/mol. The van der Waals surface area contributed by atoms with Crippen LogP contribution in [0.25, 0.3) is 0 Å². The molecule has 1 amide bonds. The molecule has 8 nitrogen and oxygen atoms in total. The number of carboxylic acid groups (broad SMARTS) is 1. The molecule has 29 heavy (non-hydrogen) atoms. The van der Waals surface area contributed by atoms with Crippen molar-refractivity contribution in [2.45, 2.75) is 11.4 Å². The smallest absolute Gasteiger partial charge is 0.337 e. The van der Waals surface area contributed by atoms with E-state index in [0.29, 0.717) is 5.76 Å². The van der Waals surface area contributed by atoms with Crippen molar-refractivity contribution in [1.82, 2.24) is 5.32 Å². The van der Waals surface area contributed by atoms with Crippen molar-refractivity contribution in [3.05, 3.63) is 82.8 Å². The second-order valence-corrected chi connectivity index (χ2v) is 7.95. The number of para-hydroxylation sites is 1. The number of furan rings is 1. The standard InChI is InChI=1S/C19H15ClN2O6S/c20-16-8-7-13(10-15(16)19(24)25)29(26,27)22-17-6-2-1-5-14(17)18(23)21-11-12-4-3-9-28-12/h1-10,22H,11H2,(H,21,23)(H,24,25). The van der Waals surface area contributed by atoms with Gasteiger partial charge in [0.25, 0.3) is 15.9 Å². The topological polar surface area (TPSA) is 126 Å². The number of nitrogens with one attached hydrogen (secondary N) is 2. The van der Waals surface area contributed by atoms with Gasteiger partial charge in [0.15, 0.2) is 0 Å². The van der Waals surface area contributed by atoms with E-state index in [0.717, 1.165) is 6.07 Å². The highest BCUT2D eigenvalue weighted by atomic mass is 35.5. The molecule has 0 aliphatic rings. The summed E-state index contributed by atoms with van der Waals surface area (Å²) in [7, 11) is -4.17. The van der Waals surface area contributed by atoms with Gasteiger partial charge < -0.3 is 14.8 Å². The van der Waals surface area contributed by atoms with Crippen molar-refractivity contribution in [1.29, 1.82) is 0 Å². The predicted octanol–water partition coefficient (Wildman–Crippen LogP) is 3.36. The minimum absolute atomic E-state index is 0.0382. The molecule has 1 heterocycles. The number of carbonyl (C=O) groups excluding carboxylic acids is 1. The van der Waals surface area contributed by atoms with Crippen molar-refractivity contribution in [3.8, 4) is 0 Å². The molecular formula is C19H15ClN2O6S. The van der Waals surface area contributed by atoms with Crippen LogP contribution in [0, 0.1) is 0 Å². The Hall–Kier alpha value is -3.30. The van der Waals surface area contributed by atoms with Crippen LogP contribution in [0.1, 0.15) is 26.5 Å². The molecular weight excluding hydrogens is 420 g/mol. The first-order chi connectivity index (χ1) is 13.8. The number of aromatic carboxylic acids is 1. The number of carboxylic acids is 1. The number of hydrogen-bond donors (Lipinski definition) is 3. The molecule has 0 saturated carbocycles. The lowest BCUT2D eigenvalue weighted by Crippen LogP contribution is -2.24. The third-order valence-corrected chi connectivity index (χ3v) is 5.59. The molecule has 1 aromatic heterocycles. The Morgan fingerprint density at radius 1 is 1.03 bits per heavy atom. The van der Waals surface area contributed by atoms with E-state index in [1.165, 1.54) is 30.5 Å². The van der Waals surface area contributed by atoms with Crippen molar-refractivity contribution in [3.63, 3.8) is 0 Å². The molecule has 3 aromatic rings. The van der Waals surface area contributed by atoms with Crippen molar-refractivity contribution >= 4 is 39.2 Å². The van der Waals surface area contributed by atoms with Crippen LogP contribution in [-0.2, 0) is 16.6 Å². The Bertz CT molecular complexity index is 1160. The zero-order valence-electron chi connectivity index (χ0n) is 14.8. The molecule has 0 aliphatic heterocycles. The second kappa shape index (κ2) is 8.38. The fourth-order valence-electron chi connectivity index (χ4n) is 2.49. The fraction of sp³-hybridized carbons (Fsp3) is 0.0526. The Labute approximate surface area is 171 Å². The molecule has 0 fully saturated rings. The number of benzene rings is 2. The molecule has 0 spiro atoms. The van der Waals surface area contributed by atoms with Gasteiger partial charge in [-0.15, -0.1) is 0 Å². The van der Waals surface area contributed by atoms with Crippen molar-refractivity contribution in [2.24, 2.45) is 0 Å². The number of anilines is 1. The third-order valence-electron chi connectivity index (χ3n) is 3.90. The van der Waals surface area contributed by atoms with Gasteiger partial charge in [0, 0.05) is 0 Å². The number of hydrogen-bond acceptors (Lipinski definition) is 5. The van der Waals surface area contributed by atoms with Gasteiger partial charge in [-0.25, -0.2) is 13.2 Å². The van der Waals surface area contributed by atoms with Crippen LogP contribution in [-0.4, -0.2) is 25.4 Å². The number of halogens is 1. The molecule has 3 rings (SSSR count). The second-order valence-electron chi connectivity index (χ2n) is 5.86. The van der Waals surface area contributed by atoms with Crippen LogP contribution < -0.4 is 10.0 Å². The van der Waals surface area contributed by atoms with Crippen LogP contribution in [0.3, 0.4) is 0 Å². The van der Waals surface area contributed by atoms with E-state index < -0.39 is 21.9 Å². The minimum atomic E-state index is -4.17. The van der Waals surface area contributed by atoms with Gasteiger partial charge in [0.1, 0.15) is 5.76 Å². The molecule has 2 aromatic carbocycles. The van der Waals surface area contributed by atoms with Gasteiger partial charge in [-0.05, 0) is 42.5 Å². The minimum Gasteiger partial charge on any atom is -0.478 e. The highest BCUT2D eigenvalue weighted by molar-refractivity contribution is 7.92. The van der Waals surface area contributed by atoms with Crippen LogP contribution in [0.15, 0.2) is 70.2 Å². The quantitative estimate of drug-likeness (QED) is 0.523. The average molecular weight is 435 g/mol. The summed E-state index contributed by atoms with van der Waals surface area (Å²) in [5.74, 6) is -1.33. The van der Waals surface area contributed by atoms with E-state index >= 15 is 0 Å². The Morgan fingerprint density at radius 2 is 1.79 bits per heavy atom. The van der Waals surface area contributed by atoms with Crippen LogP contribution in [0.5, 0.6) is 0 Å². The zero-order valence-corrected chi connectivity index (χ0v) is 16.3. The number of rotatable bonds is 7. The normalized spacial score (nSPS) is 11.1. The molecule has 0 bridgehead atoms. The van der Waals surface area contributed by atoms with E-state index in [-0.39, 0.29) is 33.3 Å². The van der Waals surface area contributed by atoms with Crippen molar-refractivity contribution in [2.75, 3.05) is 4.72 Å². The summed E-state index contributed by atoms with van der Waals surface area (Å²) < 4.78 is 32.9. The molecule has 0 aliphatic carbocycles. The Balaban J connectivity index is 1.85. The molecule has 3 N–H and O–H groups in total. The van der Waals surface area contributed by atoms with Gasteiger partial charge >= 0.3 is 5.97 Å². The SMILES string of the molecule is O=C(O)c1cc(S(=O)(=O)Nc2ccccc2C(=O)NCc2ccco2)ccc1Cl. The van der Waals surface area contributed by atoms with Gasteiger partial charge in [-0.2, -0.15) is 0 Å². The van der Waals surface area contributed by atoms with E-state index in [1.54, 1.807) is 24.3 Å². The van der Waals surface area contributed by atoms with Gasteiger partial charge in [-0.1, -0.05) is 23.7 Å². The van der Waals surface area contributed by atoms with Crippen molar-refractivity contribution < 1.29 is 27.5 Å². The average Bonchev–Trinajstić information content (AvgIpc) is 3.20. The maximum absolute atomic E-state index is 12.7. The van der Waals surface area contributed by atoms with Gasteiger partial charge in [-0.3, -0.25) is 9.52 Å². The number of carbonyl (C=O) groups is 2. The molecule has 0 unspecified atom stereocenters. The predicted molar refractivity (Wildman–Crippen MR) is 106 cm³/mol. The van der Waals surface area contributed by atoms with Gasteiger partial charge in [0.05, 0.1) is 39.5 Å². The Morgan fingerprint density at radius 3 is 2.48 bits per heavy atom. The third kappa shape index (κ3) is 4.76. The lowest BCUT2D eigenvalue weighted by molar-refractivity contribution is 0.0696. The molecule has 10 heteroatoms. The first-order valence-corrected chi connectivity index (χ1v) is 10.1. The summed E-state index contributed by atoms with van der Waals surface area (Å²) in [6.07, 6.45) is 1.47. The Kier molecular flexibility index (Phi) is 5.90. The lowest BCUT2D eigenvalue weighted by Gasteiger charge is -2.13. The molecule has 150 valence electrons. The highest BCUT2D eigenvalue weighted by Crippen LogP contribution is 2.24. The molecule has 0 atom stereocenters. The zero-order chi connectivity index (χ0) is 21.0. The van der Waals surface area contributed by atoms with E-state index in [4.69, 9.17) is 21.1 Å².